The molecule has 90 valence electrons. The Labute approximate surface area is 102 Å². The normalized spacial score (nSPS) is 15.9. The van der Waals surface area contributed by atoms with Gasteiger partial charge in [-0.3, -0.25) is 4.79 Å². The van der Waals surface area contributed by atoms with Crippen LogP contribution in [0.25, 0.3) is 0 Å². The summed E-state index contributed by atoms with van der Waals surface area (Å²) in [5, 5.41) is 2.97. The molecule has 2 unspecified atom stereocenters. The zero-order valence-corrected chi connectivity index (χ0v) is 12.1. The molecule has 0 heterocycles. The molecule has 0 aromatic carbocycles. The fourth-order valence-corrected chi connectivity index (χ4v) is 2.44. The summed E-state index contributed by atoms with van der Waals surface area (Å²) in [6.45, 7) is 11.3. The first-order valence-corrected chi connectivity index (χ1v) is 6.59. The highest BCUT2D eigenvalue weighted by Gasteiger charge is 2.18. The molecule has 0 aliphatic rings. The number of carbonyl (C=O) groups is 1. The Morgan fingerprint density at radius 2 is 1.93 bits per heavy atom. The lowest BCUT2D eigenvalue weighted by Crippen LogP contribution is -2.34. The lowest BCUT2D eigenvalue weighted by atomic mass is 9.90. The van der Waals surface area contributed by atoms with Gasteiger partial charge in [0.25, 0.3) is 0 Å². The second-order valence-corrected chi connectivity index (χ2v) is 6.71. The van der Waals surface area contributed by atoms with Gasteiger partial charge in [-0.15, -0.1) is 0 Å². The van der Waals surface area contributed by atoms with Gasteiger partial charge >= 0.3 is 0 Å². The number of nitrogens with one attached hydrogen (secondary N) is 1. The van der Waals surface area contributed by atoms with Crippen molar-refractivity contribution in [3.05, 3.63) is 0 Å². The number of carbonyl (C=O) groups excluding carboxylic acids is 1. The molecule has 15 heavy (non-hydrogen) atoms. The molecule has 3 heteroatoms. The fraction of sp³-hybridized carbons (Fsp3) is 0.917. The van der Waals surface area contributed by atoms with E-state index in [9.17, 15) is 4.79 Å². The first-order chi connectivity index (χ1) is 6.76. The summed E-state index contributed by atoms with van der Waals surface area (Å²) in [4.78, 5) is 11.9. The van der Waals surface area contributed by atoms with Crippen LogP contribution >= 0.6 is 15.9 Å². The molecule has 0 aliphatic carbocycles. The molecule has 0 aromatic heterocycles. The topological polar surface area (TPSA) is 29.1 Å². The fourth-order valence-electron chi connectivity index (χ4n) is 1.31. The molecule has 0 radical (unpaired) electrons. The van der Waals surface area contributed by atoms with Crippen molar-refractivity contribution >= 4 is 21.8 Å². The Morgan fingerprint density at radius 3 is 2.33 bits per heavy atom. The largest absolute Gasteiger partial charge is 0.355 e. The highest BCUT2D eigenvalue weighted by atomic mass is 79.9. The molecule has 2 atom stereocenters. The molecule has 0 spiro atoms. The minimum Gasteiger partial charge on any atom is -0.355 e. The van der Waals surface area contributed by atoms with Gasteiger partial charge in [0.05, 0.1) is 0 Å². The molecule has 0 aromatic rings. The van der Waals surface area contributed by atoms with Gasteiger partial charge in [0.15, 0.2) is 0 Å². The Morgan fingerprint density at radius 1 is 1.40 bits per heavy atom. The Kier molecular flexibility index (Phi) is 6.49. The predicted molar refractivity (Wildman–Crippen MR) is 69.3 cm³/mol. The highest BCUT2D eigenvalue weighted by molar-refractivity contribution is 9.09. The minimum absolute atomic E-state index is 0.124. The van der Waals surface area contributed by atoms with Gasteiger partial charge in [0, 0.05) is 17.3 Å². The van der Waals surface area contributed by atoms with Crippen LogP contribution in [0.1, 0.15) is 47.5 Å². The first kappa shape index (κ1) is 14.9. The second kappa shape index (κ2) is 6.51. The standard InChI is InChI=1S/C12H24BrNO/c1-6-9(2)11(15)14-8-10(13)7-12(3,4)5/h9-10H,6-8H2,1-5H3,(H,14,15). The Balaban J connectivity index is 3.81. The molecule has 0 rings (SSSR count). The van der Waals surface area contributed by atoms with Crippen molar-refractivity contribution in [2.24, 2.45) is 11.3 Å². The zero-order valence-electron chi connectivity index (χ0n) is 10.6. The average Bonchev–Trinajstić information content (AvgIpc) is 2.10. The smallest absolute Gasteiger partial charge is 0.222 e. The molecule has 2 nitrogen and oxygen atoms in total. The van der Waals surface area contributed by atoms with Crippen LogP contribution in [-0.4, -0.2) is 17.3 Å². The average molecular weight is 278 g/mol. The zero-order chi connectivity index (χ0) is 12.1. The summed E-state index contributed by atoms with van der Waals surface area (Å²) in [6, 6.07) is 0. The number of hydrogen-bond donors (Lipinski definition) is 1. The summed E-state index contributed by atoms with van der Waals surface area (Å²) in [5.41, 5.74) is 0.301. The maximum atomic E-state index is 11.5. The number of hydrogen-bond acceptors (Lipinski definition) is 1. The first-order valence-electron chi connectivity index (χ1n) is 5.68. The van der Waals surface area contributed by atoms with E-state index in [-0.39, 0.29) is 11.8 Å². The molecule has 0 saturated heterocycles. The van der Waals surface area contributed by atoms with Crippen molar-refractivity contribution in [1.82, 2.24) is 5.32 Å². The quantitative estimate of drug-likeness (QED) is 0.768. The minimum atomic E-state index is 0.124. The summed E-state index contributed by atoms with van der Waals surface area (Å²) in [5.74, 6) is 0.287. The van der Waals surface area contributed by atoms with Crippen LogP contribution in [0.5, 0.6) is 0 Å². The van der Waals surface area contributed by atoms with Crippen molar-refractivity contribution < 1.29 is 4.79 Å². The number of amides is 1. The monoisotopic (exact) mass is 277 g/mol. The van der Waals surface area contributed by atoms with Crippen LogP contribution in [0, 0.1) is 11.3 Å². The third-order valence-electron chi connectivity index (χ3n) is 2.39. The van der Waals surface area contributed by atoms with Crippen molar-refractivity contribution in [2.75, 3.05) is 6.54 Å². The third kappa shape index (κ3) is 7.83. The second-order valence-electron chi connectivity index (χ2n) is 5.42. The van der Waals surface area contributed by atoms with Crippen LogP contribution in [-0.2, 0) is 4.79 Å². The van der Waals surface area contributed by atoms with Crippen LogP contribution < -0.4 is 5.32 Å². The summed E-state index contributed by atoms with van der Waals surface area (Å²) < 4.78 is 0. The molecule has 0 bridgehead atoms. The van der Waals surface area contributed by atoms with Crippen molar-refractivity contribution in [2.45, 2.75) is 52.3 Å². The van der Waals surface area contributed by atoms with Gasteiger partial charge < -0.3 is 5.32 Å². The van der Waals surface area contributed by atoms with Gasteiger partial charge in [-0.1, -0.05) is 50.5 Å². The van der Waals surface area contributed by atoms with Crippen LogP contribution in [0.3, 0.4) is 0 Å². The summed E-state index contributed by atoms with van der Waals surface area (Å²) >= 11 is 3.60. The maximum absolute atomic E-state index is 11.5. The predicted octanol–water partition coefficient (Wildman–Crippen LogP) is 3.35. The molecular formula is C12H24BrNO. The van der Waals surface area contributed by atoms with E-state index < -0.39 is 0 Å². The summed E-state index contributed by atoms with van der Waals surface area (Å²) in [6.07, 6.45) is 1.96. The number of alkyl halides is 1. The molecule has 0 fully saturated rings. The highest BCUT2D eigenvalue weighted by Crippen LogP contribution is 2.24. The Bertz CT molecular complexity index is 198. The van der Waals surface area contributed by atoms with Crippen molar-refractivity contribution in [3.63, 3.8) is 0 Å². The lowest BCUT2D eigenvalue weighted by molar-refractivity contribution is -0.124. The van der Waals surface area contributed by atoms with Crippen molar-refractivity contribution in [1.29, 1.82) is 0 Å². The van der Waals surface area contributed by atoms with Crippen LogP contribution in [0.4, 0.5) is 0 Å². The molecule has 1 N–H and O–H groups in total. The van der Waals surface area contributed by atoms with E-state index in [0.29, 0.717) is 10.2 Å². The van der Waals surface area contributed by atoms with Gasteiger partial charge in [0.2, 0.25) is 5.91 Å². The Hall–Kier alpha value is -0.0500. The molecular weight excluding hydrogens is 254 g/mol. The van der Waals surface area contributed by atoms with Crippen LogP contribution in [0.15, 0.2) is 0 Å². The van der Waals surface area contributed by atoms with Gasteiger partial charge in [0.1, 0.15) is 0 Å². The molecule has 1 amide bonds. The van der Waals surface area contributed by atoms with E-state index in [1.807, 2.05) is 13.8 Å². The van der Waals surface area contributed by atoms with Gasteiger partial charge in [-0.05, 0) is 18.3 Å². The molecule has 0 saturated carbocycles. The lowest BCUT2D eigenvalue weighted by Gasteiger charge is -2.22. The van der Waals surface area contributed by atoms with Gasteiger partial charge in [-0.25, -0.2) is 0 Å². The summed E-state index contributed by atoms with van der Waals surface area (Å²) in [7, 11) is 0. The number of halogens is 1. The third-order valence-corrected chi connectivity index (χ3v) is 3.04. The van der Waals surface area contributed by atoms with Gasteiger partial charge in [-0.2, -0.15) is 0 Å². The van der Waals surface area contributed by atoms with E-state index in [0.717, 1.165) is 19.4 Å². The van der Waals surface area contributed by atoms with E-state index in [1.165, 1.54) is 0 Å². The number of rotatable bonds is 5. The van der Waals surface area contributed by atoms with E-state index in [2.05, 4.69) is 42.0 Å². The maximum Gasteiger partial charge on any atom is 0.222 e. The van der Waals surface area contributed by atoms with E-state index >= 15 is 0 Å². The SMILES string of the molecule is CCC(C)C(=O)NCC(Br)CC(C)(C)C. The van der Waals surface area contributed by atoms with Crippen molar-refractivity contribution in [3.8, 4) is 0 Å². The molecule has 0 aliphatic heterocycles. The van der Waals surface area contributed by atoms with E-state index in [1.54, 1.807) is 0 Å². The van der Waals surface area contributed by atoms with Crippen LogP contribution in [0.2, 0.25) is 0 Å². The van der Waals surface area contributed by atoms with E-state index in [4.69, 9.17) is 0 Å².